The zero-order valence-electron chi connectivity index (χ0n) is 8.95. The number of urea groups is 1. The van der Waals surface area contributed by atoms with E-state index in [2.05, 4.69) is 10.6 Å². The van der Waals surface area contributed by atoms with E-state index in [4.69, 9.17) is 5.11 Å². The summed E-state index contributed by atoms with van der Waals surface area (Å²) in [5, 5.41) is 14.4. The lowest BCUT2D eigenvalue weighted by atomic mass is 10.2. The van der Waals surface area contributed by atoms with Gasteiger partial charge in [0.05, 0.1) is 6.61 Å². The van der Waals surface area contributed by atoms with Crippen LogP contribution in [-0.4, -0.2) is 17.2 Å². The Kier molecular flexibility index (Phi) is 4.12. The second-order valence-electron chi connectivity index (χ2n) is 3.57. The topological polar surface area (TPSA) is 61.4 Å². The predicted molar refractivity (Wildman–Crippen MR) is 59.7 cm³/mol. The highest BCUT2D eigenvalue weighted by Crippen LogP contribution is 2.14. The second-order valence-corrected chi connectivity index (χ2v) is 3.57. The minimum Gasteiger partial charge on any atom is -0.392 e. The van der Waals surface area contributed by atoms with Crippen molar-refractivity contribution in [3.8, 4) is 0 Å². The quantitative estimate of drug-likeness (QED) is 0.708. The van der Waals surface area contributed by atoms with Crippen molar-refractivity contribution in [3.05, 3.63) is 29.8 Å². The zero-order valence-corrected chi connectivity index (χ0v) is 8.95. The molecule has 3 N–H and O–H groups in total. The molecule has 4 nitrogen and oxygen atoms in total. The number of hydrogen-bond donors (Lipinski definition) is 3. The highest BCUT2D eigenvalue weighted by Gasteiger charge is 2.05. The Balaban J connectivity index is 2.67. The molecule has 15 heavy (non-hydrogen) atoms. The largest absolute Gasteiger partial charge is 0.392 e. The van der Waals surface area contributed by atoms with Crippen molar-refractivity contribution in [2.24, 2.45) is 0 Å². The molecule has 82 valence electrons. The molecule has 0 spiro atoms. The molecule has 0 fully saturated rings. The van der Waals surface area contributed by atoms with Gasteiger partial charge in [0.2, 0.25) is 0 Å². The molecule has 0 aromatic heterocycles. The monoisotopic (exact) mass is 208 g/mol. The summed E-state index contributed by atoms with van der Waals surface area (Å²) in [6.07, 6.45) is 0. The summed E-state index contributed by atoms with van der Waals surface area (Å²) < 4.78 is 0. The van der Waals surface area contributed by atoms with Gasteiger partial charge in [0.1, 0.15) is 0 Å². The average Bonchev–Trinajstić information content (AvgIpc) is 2.17. The van der Waals surface area contributed by atoms with E-state index in [1.54, 1.807) is 12.1 Å². The summed E-state index contributed by atoms with van der Waals surface area (Å²) in [5.41, 5.74) is 1.34. The van der Waals surface area contributed by atoms with Crippen molar-refractivity contribution >= 4 is 11.7 Å². The third-order valence-electron chi connectivity index (χ3n) is 1.86. The number of rotatable bonds is 3. The fourth-order valence-electron chi connectivity index (χ4n) is 1.20. The van der Waals surface area contributed by atoms with Crippen LogP contribution in [0.4, 0.5) is 10.5 Å². The van der Waals surface area contributed by atoms with Crippen LogP contribution in [0.25, 0.3) is 0 Å². The van der Waals surface area contributed by atoms with E-state index in [1.807, 2.05) is 26.0 Å². The molecule has 0 bridgehead atoms. The van der Waals surface area contributed by atoms with E-state index in [1.165, 1.54) is 0 Å². The second kappa shape index (κ2) is 5.36. The highest BCUT2D eigenvalue weighted by molar-refractivity contribution is 5.90. The number of aliphatic hydroxyl groups is 1. The molecule has 0 atom stereocenters. The van der Waals surface area contributed by atoms with Crippen LogP contribution in [0, 0.1) is 0 Å². The molecule has 0 aliphatic rings. The van der Waals surface area contributed by atoms with Crippen LogP contribution >= 0.6 is 0 Å². The molecule has 0 aliphatic carbocycles. The molecule has 0 saturated heterocycles. The maximum absolute atomic E-state index is 11.4. The first-order valence-corrected chi connectivity index (χ1v) is 4.89. The molecular weight excluding hydrogens is 192 g/mol. The first kappa shape index (κ1) is 11.5. The number of benzene rings is 1. The third-order valence-corrected chi connectivity index (χ3v) is 1.86. The van der Waals surface area contributed by atoms with Crippen LogP contribution in [-0.2, 0) is 6.61 Å². The summed E-state index contributed by atoms with van der Waals surface area (Å²) >= 11 is 0. The summed E-state index contributed by atoms with van der Waals surface area (Å²) in [7, 11) is 0. The molecule has 0 unspecified atom stereocenters. The number of anilines is 1. The van der Waals surface area contributed by atoms with Crippen molar-refractivity contribution in [2.75, 3.05) is 5.32 Å². The fraction of sp³-hybridized carbons (Fsp3) is 0.364. The van der Waals surface area contributed by atoms with Gasteiger partial charge in [-0.2, -0.15) is 0 Å². The van der Waals surface area contributed by atoms with Crippen molar-refractivity contribution < 1.29 is 9.90 Å². The lowest BCUT2D eigenvalue weighted by molar-refractivity contribution is 0.250. The SMILES string of the molecule is CC(C)NC(=O)Nc1ccccc1CO. The summed E-state index contributed by atoms with van der Waals surface area (Å²) in [5.74, 6) is 0. The van der Waals surface area contributed by atoms with Gasteiger partial charge >= 0.3 is 6.03 Å². The Morgan fingerprint density at radius 2 is 2.07 bits per heavy atom. The van der Waals surface area contributed by atoms with Gasteiger partial charge in [-0.1, -0.05) is 18.2 Å². The lowest BCUT2D eigenvalue weighted by Crippen LogP contribution is -2.34. The molecule has 4 heteroatoms. The molecule has 1 aromatic rings. The van der Waals surface area contributed by atoms with Gasteiger partial charge in [0.15, 0.2) is 0 Å². The van der Waals surface area contributed by atoms with Gasteiger partial charge in [0.25, 0.3) is 0 Å². The molecule has 0 saturated carbocycles. The molecule has 0 heterocycles. The van der Waals surface area contributed by atoms with Crippen LogP contribution in [0.5, 0.6) is 0 Å². The van der Waals surface area contributed by atoms with E-state index < -0.39 is 0 Å². The zero-order chi connectivity index (χ0) is 11.3. The van der Waals surface area contributed by atoms with Crippen LogP contribution < -0.4 is 10.6 Å². The Bertz CT molecular complexity index is 337. The number of amides is 2. The van der Waals surface area contributed by atoms with E-state index in [9.17, 15) is 4.79 Å². The van der Waals surface area contributed by atoms with Gasteiger partial charge in [-0.05, 0) is 19.9 Å². The molecule has 2 amide bonds. The van der Waals surface area contributed by atoms with Crippen molar-refractivity contribution in [1.82, 2.24) is 5.32 Å². The van der Waals surface area contributed by atoms with E-state index >= 15 is 0 Å². The minimum atomic E-state index is -0.258. The first-order chi connectivity index (χ1) is 7.13. The van der Waals surface area contributed by atoms with Crippen LogP contribution in [0.3, 0.4) is 0 Å². The summed E-state index contributed by atoms with van der Waals surface area (Å²) in [6, 6.07) is 6.98. The van der Waals surface area contributed by atoms with E-state index in [-0.39, 0.29) is 18.7 Å². The number of carbonyl (C=O) groups is 1. The maximum Gasteiger partial charge on any atom is 0.319 e. The molecule has 1 rings (SSSR count). The summed E-state index contributed by atoms with van der Waals surface area (Å²) in [4.78, 5) is 11.4. The predicted octanol–water partition coefficient (Wildman–Crippen LogP) is 1.71. The van der Waals surface area contributed by atoms with E-state index in [0.717, 1.165) is 0 Å². The van der Waals surface area contributed by atoms with Crippen LogP contribution in [0.15, 0.2) is 24.3 Å². The molecule has 1 aromatic carbocycles. The molecule has 0 aliphatic heterocycles. The molecule has 0 radical (unpaired) electrons. The van der Waals surface area contributed by atoms with Gasteiger partial charge in [-0.3, -0.25) is 0 Å². The van der Waals surface area contributed by atoms with Crippen LogP contribution in [0.1, 0.15) is 19.4 Å². The van der Waals surface area contributed by atoms with Crippen molar-refractivity contribution in [1.29, 1.82) is 0 Å². The third kappa shape index (κ3) is 3.59. The number of nitrogens with one attached hydrogen (secondary N) is 2. The van der Waals surface area contributed by atoms with Gasteiger partial charge < -0.3 is 15.7 Å². The number of para-hydroxylation sites is 1. The fourth-order valence-corrected chi connectivity index (χ4v) is 1.20. The highest BCUT2D eigenvalue weighted by atomic mass is 16.3. The standard InChI is InChI=1S/C11H16N2O2/c1-8(2)12-11(15)13-10-6-4-3-5-9(10)7-14/h3-6,8,14H,7H2,1-2H3,(H2,12,13,15). The first-order valence-electron chi connectivity index (χ1n) is 4.89. The minimum absolute atomic E-state index is 0.0852. The lowest BCUT2D eigenvalue weighted by Gasteiger charge is -2.12. The average molecular weight is 208 g/mol. The van der Waals surface area contributed by atoms with Crippen molar-refractivity contribution in [3.63, 3.8) is 0 Å². The van der Waals surface area contributed by atoms with Gasteiger partial charge in [-0.15, -0.1) is 0 Å². The number of aliphatic hydroxyl groups excluding tert-OH is 1. The molecular formula is C11H16N2O2. The Morgan fingerprint density at radius 3 is 2.67 bits per heavy atom. The number of hydrogen-bond acceptors (Lipinski definition) is 2. The van der Waals surface area contributed by atoms with Gasteiger partial charge in [-0.25, -0.2) is 4.79 Å². The number of carbonyl (C=O) groups excluding carboxylic acids is 1. The van der Waals surface area contributed by atoms with Crippen LogP contribution in [0.2, 0.25) is 0 Å². The van der Waals surface area contributed by atoms with Gasteiger partial charge in [0, 0.05) is 17.3 Å². The summed E-state index contributed by atoms with van der Waals surface area (Å²) in [6.45, 7) is 3.69. The Morgan fingerprint density at radius 1 is 1.40 bits per heavy atom. The Hall–Kier alpha value is -1.55. The Labute approximate surface area is 89.3 Å². The normalized spacial score (nSPS) is 10.1. The van der Waals surface area contributed by atoms with Crippen molar-refractivity contribution in [2.45, 2.75) is 26.5 Å². The smallest absolute Gasteiger partial charge is 0.319 e. The van der Waals surface area contributed by atoms with E-state index in [0.29, 0.717) is 11.3 Å². The maximum atomic E-state index is 11.4.